The van der Waals surface area contributed by atoms with Crippen LogP contribution in [0.3, 0.4) is 0 Å². The molecule has 0 saturated carbocycles. The molecule has 0 radical (unpaired) electrons. The number of benzene rings is 4. The van der Waals surface area contributed by atoms with E-state index in [9.17, 15) is 0 Å². The van der Waals surface area contributed by atoms with Crippen molar-refractivity contribution in [2.75, 3.05) is 27.8 Å². The smallest absolute Gasteiger partial charge is 0.161 e. The van der Waals surface area contributed by atoms with Crippen LogP contribution in [0.5, 0.6) is 23.0 Å². The Balaban J connectivity index is 1.37. The zero-order chi connectivity index (χ0) is 26.3. The number of likely N-dealkylation sites (N-methyl/N-ethyl adjacent to an activating group) is 1. The summed E-state index contributed by atoms with van der Waals surface area (Å²) in [6.45, 7) is 1.99. The topological polar surface area (TPSA) is 40.2 Å². The van der Waals surface area contributed by atoms with Gasteiger partial charge in [-0.3, -0.25) is 4.90 Å². The van der Waals surface area contributed by atoms with Crippen molar-refractivity contribution in [1.82, 2.24) is 4.90 Å². The fourth-order valence-electron chi connectivity index (χ4n) is 5.03. The Kier molecular flexibility index (Phi) is 8.15. The molecule has 0 bridgehead atoms. The molecule has 196 valence electrons. The van der Waals surface area contributed by atoms with Gasteiger partial charge in [0.2, 0.25) is 0 Å². The van der Waals surface area contributed by atoms with Gasteiger partial charge in [-0.25, -0.2) is 0 Å². The Morgan fingerprint density at radius 3 is 1.87 bits per heavy atom. The average molecular weight is 510 g/mol. The van der Waals surface area contributed by atoms with Crippen LogP contribution < -0.4 is 18.9 Å². The fraction of sp³-hybridized carbons (Fsp3) is 0.273. The van der Waals surface area contributed by atoms with E-state index >= 15 is 0 Å². The standard InChI is InChI=1S/C33H35NO4/c1-34-17-16-27-20-33(38-23-25-12-8-5-9-13-25)31(36-3)21-28(27)29(34)18-26-14-15-30(35-2)32(19-26)37-22-24-10-6-4-7-11-24/h4-15,19-21,29H,16-18,22-23H2,1-3H3. The third-order valence-electron chi connectivity index (χ3n) is 7.18. The van der Waals surface area contributed by atoms with Gasteiger partial charge in [0.1, 0.15) is 13.2 Å². The highest BCUT2D eigenvalue weighted by Crippen LogP contribution is 2.40. The highest BCUT2D eigenvalue weighted by atomic mass is 16.5. The molecular formula is C33H35NO4. The predicted molar refractivity (Wildman–Crippen MR) is 150 cm³/mol. The molecule has 5 rings (SSSR count). The Labute approximate surface area is 225 Å². The predicted octanol–water partition coefficient (Wildman–Crippen LogP) is 6.63. The molecule has 0 saturated heterocycles. The van der Waals surface area contributed by atoms with Gasteiger partial charge >= 0.3 is 0 Å². The van der Waals surface area contributed by atoms with E-state index in [1.807, 2.05) is 42.5 Å². The molecule has 1 aliphatic heterocycles. The van der Waals surface area contributed by atoms with Gasteiger partial charge in [0, 0.05) is 12.6 Å². The second-order valence-corrected chi connectivity index (χ2v) is 9.69. The maximum absolute atomic E-state index is 6.20. The molecule has 0 aliphatic carbocycles. The van der Waals surface area contributed by atoms with Gasteiger partial charge in [0.15, 0.2) is 23.0 Å². The van der Waals surface area contributed by atoms with Gasteiger partial charge in [-0.15, -0.1) is 0 Å². The summed E-state index contributed by atoms with van der Waals surface area (Å²) < 4.78 is 23.7. The Morgan fingerprint density at radius 1 is 0.658 bits per heavy atom. The van der Waals surface area contributed by atoms with Crippen molar-refractivity contribution in [2.24, 2.45) is 0 Å². The molecule has 1 aliphatic rings. The number of fused-ring (bicyclic) bond motifs is 1. The van der Waals surface area contributed by atoms with Crippen molar-refractivity contribution < 1.29 is 18.9 Å². The SMILES string of the molecule is COc1ccc(CC2c3cc(OC)c(OCc4ccccc4)cc3CCN2C)cc1OCc1ccccc1. The molecular weight excluding hydrogens is 474 g/mol. The van der Waals surface area contributed by atoms with E-state index in [1.54, 1.807) is 14.2 Å². The van der Waals surface area contributed by atoms with Crippen LogP contribution in [0.2, 0.25) is 0 Å². The van der Waals surface area contributed by atoms with E-state index in [0.29, 0.717) is 13.2 Å². The van der Waals surface area contributed by atoms with E-state index in [2.05, 4.69) is 60.5 Å². The van der Waals surface area contributed by atoms with Gasteiger partial charge in [-0.2, -0.15) is 0 Å². The van der Waals surface area contributed by atoms with Crippen molar-refractivity contribution in [3.8, 4) is 23.0 Å². The van der Waals surface area contributed by atoms with Crippen molar-refractivity contribution in [1.29, 1.82) is 0 Å². The number of rotatable bonds is 10. The minimum Gasteiger partial charge on any atom is -0.493 e. The lowest BCUT2D eigenvalue weighted by atomic mass is 9.88. The molecule has 0 amide bonds. The van der Waals surface area contributed by atoms with Crippen molar-refractivity contribution in [3.05, 3.63) is 119 Å². The van der Waals surface area contributed by atoms with E-state index in [-0.39, 0.29) is 6.04 Å². The summed E-state index contributed by atoms with van der Waals surface area (Å²) in [5.41, 5.74) is 6.05. The third kappa shape index (κ3) is 5.95. The van der Waals surface area contributed by atoms with Gasteiger partial charge in [0.05, 0.1) is 14.2 Å². The average Bonchev–Trinajstić information content (AvgIpc) is 2.97. The molecule has 1 heterocycles. The quantitative estimate of drug-likeness (QED) is 0.240. The minimum absolute atomic E-state index is 0.214. The molecule has 4 aromatic carbocycles. The summed E-state index contributed by atoms with van der Waals surface area (Å²) in [6, 6.07) is 31.2. The van der Waals surface area contributed by atoms with Crippen LogP contribution in [0, 0.1) is 0 Å². The minimum atomic E-state index is 0.214. The molecule has 38 heavy (non-hydrogen) atoms. The lowest BCUT2D eigenvalue weighted by molar-refractivity contribution is 0.226. The zero-order valence-corrected chi connectivity index (χ0v) is 22.4. The first-order valence-electron chi connectivity index (χ1n) is 13.1. The first-order valence-corrected chi connectivity index (χ1v) is 13.1. The maximum atomic E-state index is 6.20. The first kappa shape index (κ1) is 25.7. The molecule has 0 N–H and O–H groups in total. The normalized spacial score (nSPS) is 15.0. The number of ether oxygens (including phenoxy) is 4. The van der Waals surface area contributed by atoms with Crippen LogP contribution in [0.15, 0.2) is 91.0 Å². The lowest BCUT2D eigenvalue weighted by Gasteiger charge is -2.35. The van der Waals surface area contributed by atoms with Gasteiger partial charge in [-0.1, -0.05) is 66.7 Å². The van der Waals surface area contributed by atoms with E-state index in [1.165, 1.54) is 16.7 Å². The molecule has 4 aromatic rings. The molecule has 0 fully saturated rings. The summed E-state index contributed by atoms with van der Waals surface area (Å²) in [5.74, 6) is 3.06. The van der Waals surface area contributed by atoms with Crippen LogP contribution in [0.1, 0.15) is 33.9 Å². The molecule has 5 nitrogen and oxygen atoms in total. The molecule has 5 heteroatoms. The summed E-state index contributed by atoms with van der Waals surface area (Å²) in [5, 5.41) is 0. The zero-order valence-electron chi connectivity index (χ0n) is 22.4. The van der Waals surface area contributed by atoms with Crippen molar-refractivity contribution in [2.45, 2.75) is 32.1 Å². The molecule has 0 aromatic heterocycles. The lowest BCUT2D eigenvalue weighted by Crippen LogP contribution is -2.33. The second kappa shape index (κ2) is 12.1. The third-order valence-corrected chi connectivity index (χ3v) is 7.18. The largest absolute Gasteiger partial charge is 0.493 e. The van der Waals surface area contributed by atoms with Crippen LogP contribution in [-0.4, -0.2) is 32.7 Å². The monoisotopic (exact) mass is 509 g/mol. The Bertz CT molecular complexity index is 1340. The van der Waals surface area contributed by atoms with Crippen molar-refractivity contribution >= 4 is 0 Å². The summed E-state index contributed by atoms with van der Waals surface area (Å²) >= 11 is 0. The summed E-state index contributed by atoms with van der Waals surface area (Å²) in [4.78, 5) is 2.42. The van der Waals surface area contributed by atoms with Crippen molar-refractivity contribution in [3.63, 3.8) is 0 Å². The number of hydrogen-bond acceptors (Lipinski definition) is 5. The highest BCUT2D eigenvalue weighted by molar-refractivity contribution is 5.50. The van der Waals surface area contributed by atoms with Gasteiger partial charge < -0.3 is 18.9 Å². The Hall–Kier alpha value is -3.96. The van der Waals surface area contributed by atoms with E-state index < -0.39 is 0 Å². The van der Waals surface area contributed by atoms with Gasteiger partial charge in [0.25, 0.3) is 0 Å². The molecule has 1 unspecified atom stereocenters. The Morgan fingerprint density at radius 2 is 1.26 bits per heavy atom. The maximum Gasteiger partial charge on any atom is 0.161 e. The van der Waals surface area contributed by atoms with Gasteiger partial charge in [-0.05, 0) is 72.0 Å². The molecule has 1 atom stereocenters. The van der Waals surface area contributed by atoms with E-state index in [4.69, 9.17) is 18.9 Å². The van der Waals surface area contributed by atoms with Crippen LogP contribution in [-0.2, 0) is 26.1 Å². The first-order chi connectivity index (χ1) is 18.6. The van der Waals surface area contributed by atoms with Crippen LogP contribution >= 0.6 is 0 Å². The second-order valence-electron chi connectivity index (χ2n) is 9.69. The summed E-state index contributed by atoms with van der Waals surface area (Å²) in [6.07, 6.45) is 1.82. The molecule has 0 spiro atoms. The van der Waals surface area contributed by atoms with Crippen LogP contribution in [0.25, 0.3) is 0 Å². The number of hydrogen-bond donors (Lipinski definition) is 0. The van der Waals surface area contributed by atoms with Crippen LogP contribution in [0.4, 0.5) is 0 Å². The summed E-state index contributed by atoms with van der Waals surface area (Å²) in [7, 11) is 5.58. The van der Waals surface area contributed by atoms with E-state index in [0.717, 1.165) is 53.5 Å². The number of methoxy groups -OCH3 is 2. The highest BCUT2D eigenvalue weighted by Gasteiger charge is 2.27. The fourth-order valence-corrected chi connectivity index (χ4v) is 5.03. The number of nitrogens with zero attached hydrogens (tertiary/aromatic N) is 1.